The van der Waals surface area contributed by atoms with E-state index < -0.39 is 5.97 Å². The molecule has 5 nitrogen and oxygen atoms in total. The molecule has 0 N–H and O–H groups in total. The maximum Gasteiger partial charge on any atom is 0.331 e. The van der Waals surface area contributed by atoms with Crippen molar-refractivity contribution in [3.63, 3.8) is 0 Å². The number of carbonyl (C=O) groups is 1. The number of hydrogen-bond acceptors (Lipinski definition) is 4. The second-order valence-electron chi connectivity index (χ2n) is 5.82. The summed E-state index contributed by atoms with van der Waals surface area (Å²) in [5, 5.41) is 0.482. The summed E-state index contributed by atoms with van der Waals surface area (Å²) < 4.78 is 6.77. The second-order valence-corrected chi connectivity index (χ2v) is 5.82. The minimum atomic E-state index is -0.494. The molecule has 24 heavy (non-hydrogen) atoms. The fraction of sp³-hybridized carbons (Fsp3) is 0.211. The van der Waals surface area contributed by atoms with Gasteiger partial charge >= 0.3 is 5.97 Å². The zero-order chi connectivity index (χ0) is 17.3. The van der Waals surface area contributed by atoms with E-state index in [1.807, 2.05) is 39.0 Å². The average Bonchev–Trinajstić information content (AvgIpc) is 2.58. The number of aromatic nitrogens is 2. The van der Waals surface area contributed by atoms with Gasteiger partial charge in [0.05, 0.1) is 17.2 Å². The maximum atomic E-state index is 12.4. The Morgan fingerprint density at radius 1 is 1.08 bits per heavy atom. The number of carbonyl (C=O) groups excluding carboxylic acids is 1. The Labute approximate surface area is 139 Å². The fourth-order valence-electron chi connectivity index (χ4n) is 2.59. The summed E-state index contributed by atoms with van der Waals surface area (Å²) in [6.45, 7) is 5.58. The number of hydrogen-bond donors (Lipinski definition) is 0. The molecule has 0 atom stereocenters. The maximum absolute atomic E-state index is 12.4. The Bertz CT molecular complexity index is 990. The number of aryl methyl sites for hydroxylation is 2. The molecule has 0 fully saturated rings. The van der Waals surface area contributed by atoms with Gasteiger partial charge in [-0.1, -0.05) is 24.3 Å². The molecule has 0 aliphatic heterocycles. The molecule has 0 saturated carbocycles. The summed E-state index contributed by atoms with van der Waals surface area (Å²) in [5.74, 6) is 0.0628. The third-order valence-corrected chi connectivity index (χ3v) is 4.12. The van der Waals surface area contributed by atoms with Gasteiger partial charge in [0.15, 0.2) is 0 Å². The molecule has 1 aromatic heterocycles. The van der Waals surface area contributed by atoms with Gasteiger partial charge < -0.3 is 4.74 Å². The summed E-state index contributed by atoms with van der Waals surface area (Å²) in [6.07, 6.45) is 1.38. The van der Waals surface area contributed by atoms with E-state index in [9.17, 15) is 9.59 Å². The standard InChI is InChI=1S/C19H18N2O3/c1-12-8-9-13(2)18(14(12)3)24-17(22)10-21-11-20-16-7-5-4-6-15(16)19(21)23/h4-9,11H,10H2,1-3H3. The highest BCUT2D eigenvalue weighted by atomic mass is 16.5. The zero-order valence-corrected chi connectivity index (χ0v) is 13.9. The van der Waals surface area contributed by atoms with Crippen LogP contribution in [-0.4, -0.2) is 15.5 Å². The first-order chi connectivity index (χ1) is 11.5. The highest BCUT2D eigenvalue weighted by molar-refractivity contribution is 5.78. The normalized spacial score (nSPS) is 10.8. The van der Waals surface area contributed by atoms with E-state index in [0.717, 1.165) is 16.7 Å². The number of fused-ring (bicyclic) bond motifs is 1. The zero-order valence-electron chi connectivity index (χ0n) is 13.9. The second kappa shape index (κ2) is 6.28. The summed E-state index contributed by atoms with van der Waals surface area (Å²) in [4.78, 5) is 28.9. The monoisotopic (exact) mass is 322 g/mol. The molecule has 0 aliphatic rings. The van der Waals surface area contributed by atoms with Crippen LogP contribution in [0.3, 0.4) is 0 Å². The third kappa shape index (κ3) is 2.93. The quantitative estimate of drug-likeness (QED) is 0.549. The first-order valence-corrected chi connectivity index (χ1v) is 7.69. The Balaban J connectivity index is 1.87. The highest BCUT2D eigenvalue weighted by Gasteiger charge is 2.13. The minimum absolute atomic E-state index is 0.177. The van der Waals surface area contributed by atoms with E-state index in [-0.39, 0.29) is 12.1 Å². The van der Waals surface area contributed by atoms with E-state index in [4.69, 9.17) is 4.74 Å². The molecular weight excluding hydrogens is 304 g/mol. The van der Waals surface area contributed by atoms with Crippen LogP contribution >= 0.6 is 0 Å². The van der Waals surface area contributed by atoms with E-state index in [1.165, 1.54) is 10.9 Å². The van der Waals surface area contributed by atoms with Gasteiger partial charge in [-0.3, -0.25) is 9.36 Å². The SMILES string of the molecule is Cc1ccc(C)c(OC(=O)Cn2cnc3ccccc3c2=O)c1C. The van der Waals surface area contributed by atoms with Crippen LogP contribution in [0, 0.1) is 20.8 Å². The van der Waals surface area contributed by atoms with E-state index in [1.54, 1.807) is 18.2 Å². The number of rotatable bonds is 3. The Morgan fingerprint density at radius 3 is 2.58 bits per heavy atom. The first-order valence-electron chi connectivity index (χ1n) is 7.69. The summed E-state index contributed by atoms with van der Waals surface area (Å²) in [7, 11) is 0. The van der Waals surface area contributed by atoms with E-state index in [0.29, 0.717) is 16.7 Å². The molecule has 5 heteroatoms. The molecule has 0 amide bonds. The molecule has 3 rings (SSSR count). The number of ether oxygens (including phenoxy) is 1. The van der Waals surface area contributed by atoms with Gasteiger partial charge in [0.2, 0.25) is 0 Å². The molecule has 0 unspecified atom stereocenters. The molecule has 3 aromatic rings. The molecule has 0 radical (unpaired) electrons. The van der Waals surface area contributed by atoms with Gasteiger partial charge in [-0.2, -0.15) is 0 Å². The summed E-state index contributed by atoms with van der Waals surface area (Å²) >= 11 is 0. The largest absolute Gasteiger partial charge is 0.425 e. The number of nitrogens with zero attached hydrogens (tertiary/aromatic N) is 2. The van der Waals surface area contributed by atoms with Crippen LogP contribution in [0.4, 0.5) is 0 Å². The van der Waals surface area contributed by atoms with Crippen molar-refractivity contribution >= 4 is 16.9 Å². The summed E-state index contributed by atoms with van der Waals surface area (Å²) in [6, 6.07) is 10.9. The molecular formula is C19H18N2O3. The Hall–Kier alpha value is -2.95. The topological polar surface area (TPSA) is 61.2 Å². The van der Waals surface area contributed by atoms with Crippen LogP contribution in [0.25, 0.3) is 10.9 Å². The number of esters is 1. The third-order valence-electron chi connectivity index (χ3n) is 4.12. The van der Waals surface area contributed by atoms with Crippen LogP contribution in [-0.2, 0) is 11.3 Å². The molecule has 0 aliphatic carbocycles. The molecule has 122 valence electrons. The van der Waals surface area contributed by atoms with Crippen LogP contribution < -0.4 is 10.3 Å². The average molecular weight is 322 g/mol. The lowest BCUT2D eigenvalue weighted by atomic mass is 10.1. The van der Waals surface area contributed by atoms with Crippen molar-refractivity contribution < 1.29 is 9.53 Å². The van der Waals surface area contributed by atoms with Crippen LogP contribution in [0.1, 0.15) is 16.7 Å². The lowest BCUT2D eigenvalue weighted by molar-refractivity contribution is -0.135. The van der Waals surface area contributed by atoms with Crippen molar-refractivity contribution in [2.75, 3.05) is 0 Å². The number of benzene rings is 2. The van der Waals surface area contributed by atoms with Crippen LogP contribution in [0.2, 0.25) is 0 Å². The molecule has 0 saturated heterocycles. The predicted octanol–water partition coefficient (Wildman–Crippen LogP) is 2.93. The molecule has 2 aromatic carbocycles. The van der Waals surface area contributed by atoms with Crippen LogP contribution in [0.15, 0.2) is 47.5 Å². The van der Waals surface area contributed by atoms with Crippen molar-refractivity contribution in [3.8, 4) is 5.75 Å². The predicted molar refractivity (Wildman–Crippen MR) is 92.3 cm³/mol. The van der Waals surface area contributed by atoms with Crippen molar-refractivity contribution in [2.24, 2.45) is 0 Å². The molecule has 0 bridgehead atoms. The fourth-order valence-corrected chi connectivity index (χ4v) is 2.59. The van der Waals surface area contributed by atoms with Gasteiger partial charge in [-0.25, -0.2) is 9.78 Å². The van der Waals surface area contributed by atoms with Gasteiger partial charge in [-0.15, -0.1) is 0 Å². The van der Waals surface area contributed by atoms with Crippen LogP contribution in [0.5, 0.6) is 5.75 Å². The van der Waals surface area contributed by atoms with Crippen molar-refractivity contribution in [2.45, 2.75) is 27.3 Å². The van der Waals surface area contributed by atoms with Gasteiger partial charge in [0.25, 0.3) is 5.56 Å². The molecule has 1 heterocycles. The lowest BCUT2D eigenvalue weighted by Crippen LogP contribution is -2.27. The van der Waals surface area contributed by atoms with Crippen molar-refractivity contribution in [1.82, 2.24) is 9.55 Å². The molecule has 0 spiro atoms. The highest BCUT2D eigenvalue weighted by Crippen LogP contribution is 2.25. The van der Waals surface area contributed by atoms with Gasteiger partial charge in [0.1, 0.15) is 12.3 Å². The Kier molecular flexibility index (Phi) is 4.16. The lowest BCUT2D eigenvalue weighted by Gasteiger charge is -2.13. The minimum Gasteiger partial charge on any atom is -0.425 e. The van der Waals surface area contributed by atoms with Gasteiger partial charge in [0, 0.05) is 0 Å². The van der Waals surface area contributed by atoms with Crippen molar-refractivity contribution in [1.29, 1.82) is 0 Å². The van der Waals surface area contributed by atoms with E-state index in [2.05, 4.69) is 4.98 Å². The number of para-hydroxylation sites is 1. The van der Waals surface area contributed by atoms with Gasteiger partial charge in [-0.05, 0) is 49.6 Å². The Morgan fingerprint density at radius 2 is 1.79 bits per heavy atom. The summed E-state index contributed by atoms with van der Waals surface area (Å²) in [5.41, 5.74) is 3.21. The first kappa shape index (κ1) is 15.9. The van der Waals surface area contributed by atoms with Crippen molar-refractivity contribution in [3.05, 3.63) is 69.8 Å². The smallest absolute Gasteiger partial charge is 0.331 e. The van der Waals surface area contributed by atoms with E-state index >= 15 is 0 Å².